The first-order valence-electron chi connectivity index (χ1n) is 6.82. The van der Waals surface area contributed by atoms with Crippen LogP contribution in [0.25, 0.3) is 0 Å². The van der Waals surface area contributed by atoms with Crippen LogP contribution in [-0.2, 0) is 0 Å². The minimum atomic E-state index is 0.485. The first-order valence-corrected chi connectivity index (χ1v) is 7.99. The second-order valence-corrected chi connectivity index (χ2v) is 6.56. The van der Waals surface area contributed by atoms with Gasteiger partial charge in [-0.15, -0.1) is 0 Å². The number of anilines is 1. The zero-order valence-corrected chi connectivity index (χ0v) is 14.1. The molecule has 0 heterocycles. The van der Waals surface area contributed by atoms with Crippen molar-refractivity contribution < 1.29 is 0 Å². The molecule has 0 fully saturated rings. The molecule has 1 N–H and O–H groups in total. The summed E-state index contributed by atoms with van der Waals surface area (Å²) in [4.78, 5) is 0. The second kappa shape index (κ2) is 7.14. The van der Waals surface area contributed by atoms with E-state index in [1.807, 2.05) is 18.2 Å². The summed E-state index contributed by atoms with van der Waals surface area (Å²) in [6, 6.07) is 16.5. The molecular weight excluding hydrogens is 334 g/mol. The highest BCUT2D eigenvalue weighted by Crippen LogP contribution is 2.29. The fourth-order valence-electron chi connectivity index (χ4n) is 2.29. The van der Waals surface area contributed by atoms with E-state index >= 15 is 0 Å². The summed E-state index contributed by atoms with van der Waals surface area (Å²) in [5, 5.41) is 4.26. The van der Waals surface area contributed by atoms with E-state index in [4.69, 9.17) is 11.6 Å². The molecule has 0 aliphatic rings. The van der Waals surface area contributed by atoms with Crippen LogP contribution >= 0.6 is 27.5 Å². The van der Waals surface area contributed by atoms with Crippen molar-refractivity contribution in [3.8, 4) is 0 Å². The first kappa shape index (κ1) is 15.4. The average molecular weight is 353 g/mol. The van der Waals surface area contributed by atoms with Gasteiger partial charge < -0.3 is 5.32 Å². The quantitative estimate of drug-likeness (QED) is 0.700. The molecule has 1 unspecified atom stereocenters. The van der Waals surface area contributed by atoms with E-state index < -0.39 is 0 Å². The molecule has 0 aliphatic heterocycles. The summed E-state index contributed by atoms with van der Waals surface area (Å²) < 4.78 is 1.00. The third-order valence-electron chi connectivity index (χ3n) is 3.48. The largest absolute Gasteiger partial charge is 0.384 e. The van der Waals surface area contributed by atoms with Crippen LogP contribution in [0.1, 0.15) is 25.3 Å². The van der Waals surface area contributed by atoms with Crippen molar-refractivity contribution in [2.24, 2.45) is 5.92 Å². The van der Waals surface area contributed by atoms with Gasteiger partial charge in [0.2, 0.25) is 0 Å². The minimum Gasteiger partial charge on any atom is -0.384 e. The van der Waals surface area contributed by atoms with E-state index in [0.717, 1.165) is 21.7 Å². The average Bonchev–Trinajstić information content (AvgIpc) is 2.42. The molecule has 0 aromatic heterocycles. The minimum absolute atomic E-state index is 0.485. The Labute approximate surface area is 134 Å². The van der Waals surface area contributed by atoms with Gasteiger partial charge in [-0.05, 0) is 45.6 Å². The second-order valence-electron chi connectivity index (χ2n) is 5.27. The van der Waals surface area contributed by atoms with Crippen LogP contribution in [0.15, 0.2) is 53.0 Å². The molecule has 3 heteroatoms. The lowest BCUT2D eigenvalue weighted by molar-refractivity contribution is 0.517. The highest BCUT2D eigenvalue weighted by Gasteiger charge is 2.15. The van der Waals surface area contributed by atoms with Gasteiger partial charge >= 0.3 is 0 Å². The van der Waals surface area contributed by atoms with Gasteiger partial charge in [-0.3, -0.25) is 0 Å². The molecule has 0 spiro atoms. The normalized spacial score (nSPS) is 12.4. The maximum absolute atomic E-state index is 5.97. The summed E-state index contributed by atoms with van der Waals surface area (Å²) >= 11 is 9.51. The van der Waals surface area contributed by atoms with Gasteiger partial charge in [0.25, 0.3) is 0 Å². The number of halogens is 2. The molecule has 0 aliphatic carbocycles. The number of hydrogen-bond acceptors (Lipinski definition) is 1. The van der Waals surface area contributed by atoms with Crippen molar-refractivity contribution in [3.05, 3.63) is 63.6 Å². The van der Waals surface area contributed by atoms with Crippen molar-refractivity contribution in [2.75, 3.05) is 11.9 Å². The topological polar surface area (TPSA) is 12.0 Å². The highest BCUT2D eigenvalue weighted by atomic mass is 79.9. The number of nitrogens with one attached hydrogen (secondary N) is 1. The number of rotatable bonds is 5. The molecular formula is C17H19BrClN. The fourth-order valence-corrected chi connectivity index (χ4v) is 3.11. The lowest BCUT2D eigenvalue weighted by Gasteiger charge is -2.23. The van der Waals surface area contributed by atoms with E-state index in [2.05, 4.69) is 65.4 Å². The molecule has 0 amide bonds. The van der Waals surface area contributed by atoms with Crippen LogP contribution in [0.4, 0.5) is 5.69 Å². The lowest BCUT2D eigenvalue weighted by atomic mass is 9.88. The molecule has 2 rings (SSSR count). The molecule has 0 radical (unpaired) electrons. The van der Waals surface area contributed by atoms with Crippen LogP contribution in [0, 0.1) is 5.92 Å². The zero-order chi connectivity index (χ0) is 14.5. The predicted molar refractivity (Wildman–Crippen MR) is 91.7 cm³/mol. The van der Waals surface area contributed by atoms with Gasteiger partial charge in [0.1, 0.15) is 0 Å². The van der Waals surface area contributed by atoms with Crippen molar-refractivity contribution in [1.29, 1.82) is 0 Å². The van der Waals surface area contributed by atoms with Gasteiger partial charge in [-0.25, -0.2) is 0 Å². The Morgan fingerprint density at radius 1 is 1.10 bits per heavy atom. The van der Waals surface area contributed by atoms with Gasteiger partial charge in [0, 0.05) is 27.6 Å². The van der Waals surface area contributed by atoms with Crippen molar-refractivity contribution in [1.82, 2.24) is 0 Å². The molecule has 0 saturated heterocycles. The standard InChI is InChI=1S/C17H19BrClN/c1-12(2)15(13-6-4-3-5-7-13)11-20-17-9-8-14(19)10-16(17)18/h3-10,12,15,20H,11H2,1-2H3. The third kappa shape index (κ3) is 4.00. The van der Waals surface area contributed by atoms with E-state index in [-0.39, 0.29) is 0 Å². The first-order chi connectivity index (χ1) is 9.58. The van der Waals surface area contributed by atoms with Gasteiger partial charge in [0.15, 0.2) is 0 Å². The molecule has 1 atom stereocenters. The Hall–Kier alpha value is -0.990. The van der Waals surface area contributed by atoms with Gasteiger partial charge in [0.05, 0.1) is 0 Å². The van der Waals surface area contributed by atoms with Crippen LogP contribution in [0.3, 0.4) is 0 Å². The summed E-state index contributed by atoms with van der Waals surface area (Å²) in [5.74, 6) is 1.06. The van der Waals surface area contributed by atoms with Crippen LogP contribution in [0.2, 0.25) is 5.02 Å². The zero-order valence-electron chi connectivity index (χ0n) is 11.7. The van der Waals surface area contributed by atoms with Crippen LogP contribution in [-0.4, -0.2) is 6.54 Å². The molecule has 2 aromatic carbocycles. The summed E-state index contributed by atoms with van der Waals surface area (Å²) in [7, 11) is 0. The Morgan fingerprint density at radius 3 is 2.40 bits per heavy atom. The molecule has 106 valence electrons. The van der Waals surface area contributed by atoms with E-state index in [1.165, 1.54) is 5.56 Å². The Morgan fingerprint density at radius 2 is 1.80 bits per heavy atom. The maximum Gasteiger partial charge on any atom is 0.0485 e. The van der Waals surface area contributed by atoms with Crippen LogP contribution < -0.4 is 5.32 Å². The van der Waals surface area contributed by atoms with Crippen LogP contribution in [0.5, 0.6) is 0 Å². The molecule has 2 aromatic rings. The van der Waals surface area contributed by atoms with E-state index in [9.17, 15) is 0 Å². The van der Waals surface area contributed by atoms with Crippen molar-refractivity contribution >= 4 is 33.2 Å². The number of benzene rings is 2. The molecule has 0 bridgehead atoms. The van der Waals surface area contributed by atoms with E-state index in [1.54, 1.807) is 0 Å². The molecule has 20 heavy (non-hydrogen) atoms. The monoisotopic (exact) mass is 351 g/mol. The SMILES string of the molecule is CC(C)C(CNc1ccc(Cl)cc1Br)c1ccccc1. The van der Waals surface area contributed by atoms with Crippen molar-refractivity contribution in [2.45, 2.75) is 19.8 Å². The summed E-state index contributed by atoms with van der Waals surface area (Å²) in [6.45, 7) is 5.43. The maximum atomic E-state index is 5.97. The Balaban J connectivity index is 2.10. The van der Waals surface area contributed by atoms with E-state index in [0.29, 0.717) is 11.8 Å². The molecule has 1 nitrogen and oxygen atoms in total. The van der Waals surface area contributed by atoms with Gasteiger partial charge in [-0.2, -0.15) is 0 Å². The number of hydrogen-bond donors (Lipinski definition) is 1. The smallest absolute Gasteiger partial charge is 0.0485 e. The van der Waals surface area contributed by atoms with Gasteiger partial charge in [-0.1, -0.05) is 55.8 Å². The third-order valence-corrected chi connectivity index (χ3v) is 4.37. The van der Waals surface area contributed by atoms with Crippen molar-refractivity contribution in [3.63, 3.8) is 0 Å². The lowest BCUT2D eigenvalue weighted by Crippen LogP contribution is -2.17. The Kier molecular flexibility index (Phi) is 5.50. The highest BCUT2D eigenvalue weighted by molar-refractivity contribution is 9.10. The predicted octanol–water partition coefficient (Wildman–Crippen LogP) is 5.95. The fraction of sp³-hybridized carbons (Fsp3) is 0.294. The Bertz CT molecular complexity index is 554. The summed E-state index contributed by atoms with van der Waals surface area (Å²) in [6.07, 6.45) is 0. The summed E-state index contributed by atoms with van der Waals surface area (Å²) in [5.41, 5.74) is 2.45. The molecule has 0 saturated carbocycles.